The number of rotatable bonds is 2. The first-order chi connectivity index (χ1) is 11.7. The molecule has 0 atom stereocenters. The molecular weight excluding hydrogens is 334 g/mol. The Labute approximate surface area is 154 Å². The zero-order valence-electron chi connectivity index (χ0n) is 16.8. The Morgan fingerprint density at radius 2 is 1.54 bits per heavy atom. The van der Waals surface area contributed by atoms with E-state index in [2.05, 4.69) is 11.1 Å². The fraction of sp³-hybridized carbons (Fsp3) is 0.579. The second kappa shape index (κ2) is 7.73. The maximum atomic E-state index is 12.7. The Bertz CT molecular complexity index is 709. The van der Waals surface area contributed by atoms with Crippen LogP contribution in [-0.4, -0.2) is 28.4 Å². The van der Waals surface area contributed by atoms with Gasteiger partial charge in [-0.3, -0.25) is 0 Å². The summed E-state index contributed by atoms with van der Waals surface area (Å²) in [6.07, 6.45) is -1.54. The molecule has 0 aliphatic carbocycles. The van der Waals surface area contributed by atoms with Gasteiger partial charge in [-0.25, -0.2) is 14.6 Å². The van der Waals surface area contributed by atoms with Gasteiger partial charge in [0.05, 0.1) is 12.5 Å². The highest BCUT2D eigenvalue weighted by Crippen LogP contribution is 2.25. The van der Waals surface area contributed by atoms with Crippen LogP contribution in [0.3, 0.4) is 0 Å². The van der Waals surface area contributed by atoms with Crippen molar-refractivity contribution in [2.75, 3.05) is 4.90 Å². The topological polar surface area (TPSA) is 92.5 Å². The van der Waals surface area contributed by atoms with E-state index in [1.54, 1.807) is 61.5 Å². The fourth-order valence-electron chi connectivity index (χ4n) is 2.10. The monoisotopic (exact) mass is 361 g/mol. The Kier molecular flexibility index (Phi) is 6.37. The van der Waals surface area contributed by atoms with Crippen LogP contribution in [0, 0.1) is 25.2 Å². The highest BCUT2D eigenvalue weighted by molar-refractivity contribution is 6.09. The maximum absolute atomic E-state index is 12.7. The van der Waals surface area contributed by atoms with Crippen molar-refractivity contribution in [1.82, 2.24) is 4.98 Å². The predicted octanol–water partition coefficient (Wildman–Crippen LogP) is 4.44. The minimum atomic E-state index is -0.866. The Morgan fingerprint density at radius 3 is 1.92 bits per heavy atom. The van der Waals surface area contributed by atoms with Crippen molar-refractivity contribution in [3.05, 3.63) is 22.9 Å². The van der Waals surface area contributed by atoms with Crippen LogP contribution in [0.15, 0.2) is 6.07 Å². The van der Waals surface area contributed by atoms with Crippen LogP contribution < -0.4 is 4.90 Å². The van der Waals surface area contributed by atoms with Crippen LogP contribution in [0.2, 0.25) is 0 Å². The molecule has 7 nitrogen and oxygen atoms in total. The molecule has 0 aromatic carbocycles. The molecular formula is C19H27N3O4. The van der Waals surface area contributed by atoms with Crippen molar-refractivity contribution in [2.45, 2.75) is 73.0 Å². The van der Waals surface area contributed by atoms with Gasteiger partial charge in [-0.1, -0.05) is 0 Å². The lowest BCUT2D eigenvalue weighted by Gasteiger charge is -2.29. The number of hydrogen-bond donors (Lipinski definition) is 0. The Balaban J connectivity index is 3.41. The van der Waals surface area contributed by atoms with Crippen molar-refractivity contribution >= 4 is 18.0 Å². The standard InChI is InChI=1S/C19H27N3O4/c1-12-11-14(9-10-20)13(2)21-15(12)22(16(23)25-18(3,4)5)17(24)26-19(6,7)8/h11H,9H2,1-8H3. The molecule has 1 aromatic heterocycles. The summed E-state index contributed by atoms with van der Waals surface area (Å²) in [7, 11) is 0. The third-order valence-corrected chi connectivity index (χ3v) is 3.12. The number of ether oxygens (including phenoxy) is 2. The first-order valence-electron chi connectivity index (χ1n) is 8.35. The number of pyridine rings is 1. The molecule has 0 aliphatic rings. The van der Waals surface area contributed by atoms with Crippen molar-refractivity contribution in [2.24, 2.45) is 0 Å². The fourth-order valence-corrected chi connectivity index (χ4v) is 2.10. The Morgan fingerprint density at radius 1 is 1.08 bits per heavy atom. The number of carbonyl (C=O) groups excluding carboxylic acids is 2. The van der Waals surface area contributed by atoms with Gasteiger partial charge in [0.2, 0.25) is 0 Å². The van der Waals surface area contributed by atoms with Crippen LogP contribution in [-0.2, 0) is 15.9 Å². The third kappa shape index (κ3) is 6.03. The van der Waals surface area contributed by atoms with Gasteiger partial charge in [0.25, 0.3) is 0 Å². The zero-order valence-corrected chi connectivity index (χ0v) is 16.8. The number of amides is 2. The minimum absolute atomic E-state index is 0.132. The lowest BCUT2D eigenvalue weighted by atomic mass is 10.1. The minimum Gasteiger partial charge on any atom is -0.443 e. The van der Waals surface area contributed by atoms with Crippen LogP contribution in [0.5, 0.6) is 0 Å². The van der Waals surface area contributed by atoms with Gasteiger partial charge in [0.1, 0.15) is 11.2 Å². The molecule has 26 heavy (non-hydrogen) atoms. The van der Waals surface area contributed by atoms with E-state index in [0.29, 0.717) is 11.3 Å². The van der Waals surface area contributed by atoms with Gasteiger partial charge < -0.3 is 9.47 Å². The molecule has 0 radical (unpaired) electrons. The number of aromatic nitrogens is 1. The highest BCUT2D eigenvalue weighted by Gasteiger charge is 2.34. The molecule has 1 aromatic rings. The van der Waals surface area contributed by atoms with Crippen molar-refractivity contribution < 1.29 is 19.1 Å². The predicted molar refractivity (Wildman–Crippen MR) is 98.0 cm³/mol. The average molecular weight is 361 g/mol. The van der Waals surface area contributed by atoms with Gasteiger partial charge in [0, 0.05) is 5.69 Å². The Hall–Kier alpha value is -2.62. The summed E-state index contributed by atoms with van der Waals surface area (Å²) in [6, 6.07) is 3.81. The second-order valence-electron chi connectivity index (χ2n) is 8.00. The van der Waals surface area contributed by atoms with Gasteiger partial charge in [-0.05, 0) is 72.6 Å². The van der Waals surface area contributed by atoms with Gasteiger partial charge in [-0.2, -0.15) is 10.2 Å². The maximum Gasteiger partial charge on any atom is 0.425 e. The second-order valence-corrected chi connectivity index (χ2v) is 8.00. The number of nitriles is 1. The van der Waals surface area contributed by atoms with E-state index < -0.39 is 23.4 Å². The van der Waals surface area contributed by atoms with E-state index in [1.165, 1.54) is 0 Å². The van der Waals surface area contributed by atoms with Crippen LogP contribution >= 0.6 is 0 Å². The molecule has 2 amide bonds. The smallest absolute Gasteiger partial charge is 0.425 e. The number of nitrogens with zero attached hydrogens (tertiary/aromatic N) is 3. The van der Waals surface area contributed by atoms with Gasteiger partial charge >= 0.3 is 12.2 Å². The SMILES string of the molecule is Cc1cc(CC#N)c(C)nc1N(C(=O)OC(C)(C)C)C(=O)OC(C)(C)C. The van der Waals surface area contributed by atoms with Crippen LogP contribution in [0.25, 0.3) is 0 Å². The van der Waals surface area contributed by atoms with Crippen LogP contribution in [0.4, 0.5) is 15.4 Å². The van der Waals surface area contributed by atoms with E-state index in [9.17, 15) is 9.59 Å². The number of carbonyl (C=O) groups is 2. The van der Waals surface area contributed by atoms with E-state index >= 15 is 0 Å². The lowest BCUT2D eigenvalue weighted by Crippen LogP contribution is -2.44. The van der Waals surface area contributed by atoms with Gasteiger partial charge in [-0.15, -0.1) is 0 Å². The largest absolute Gasteiger partial charge is 0.443 e. The highest BCUT2D eigenvalue weighted by atomic mass is 16.6. The molecule has 1 rings (SSSR count). The number of anilines is 1. The van der Waals surface area contributed by atoms with E-state index in [1.807, 2.05) is 0 Å². The third-order valence-electron chi connectivity index (χ3n) is 3.12. The molecule has 7 heteroatoms. The van der Waals surface area contributed by atoms with Crippen LogP contribution in [0.1, 0.15) is 58.4 Å². The molecule has 0 fully saturated rings. The summed E-state index contributed by atoms with van der Waals surface area (Å²) in [5.74, 6) is 0.132. The van der Waals surface area contributed by atoms with Crippen molar-refractivity contribution in [3.8, 4) is 6.07 Å². The average Bonchev–Trinajstić information content (AvgIpc) is 2.40. The van der Waals surface area contributed by atoms with Crippen molar-refractivity contribution in [3.63, 3.8) is 0 Å². The van der Waals surface area contributed by atoms with Crippen molar-refractivity contribution in [1.29, 1.82) is 5.26 Å². The van der Waals surface area contributed by atoms with E-state index in [0.717, 1.165) is 10.5 Å². The molecule has 0 unspecified atom stereocenters. The number of imide groups is 1. The zero-order chi connectivity index (χ0) is 20.3. The van der Waals surface area contributed by atoms with E-state index in [-0.39, 0.29) is 12.2 Å². The molecule has 0 N–H and O–H groups in total. The quantitative estimate of drug-likeness (QED) is 0.773. The molecule has 0 saturated heterocycles. The van der Waals surface area contributed by atoms with E-state index in [4.69, 9.17) is 14.7 Å². The molecule has 142 valence electrons. The molecule has 0 bridgehead atoms. The summed E-state index contributed by atoms with van der Waals surface area (Å²) >= 11 is 0. The summed E-state index contributed by atoms with van der Waals surface area (Å²) in [5.41, 5.74) is 0.283. The molecule has 0 spiro atoms. The summed E-state index contributed by atoms with van der Waals surface area (Å²) in [5, 5.41) is 8.91. The number of hydrogen-bond acceptors (Lipinski definition) is 6. The number of aryl methyl sites for hydroxylation is 2. The first kappa shape index (κ1) is 21.4. The molecule has 0 aliphatic heterocycles. The first-order valence-corrected chi connectivity index (χ1v) is 8.35. The summed E-state index contributed by atoms with van der Waals surface area (Å²) < 4.78 is 10.7. The summed E-state index contributed by atoms with van der Waals surface area (Å²) in [4.78, 5) is 30.5. The van der Waals surface area contributed by atoms with Gasteiger partial charge in [0.15, 0.2) is 5.82 Å². The lowest BCUT2D eigenvalue weighted by molar-refractivity contribution is 0.0428. The molecule has 0 saturated carbocycles. The molecule has 1 heterocycles. The normalized spacial score (nSPS) is 11.5. The summed E-state index contributed by atoms with van der Waals surface area (Å²) in [6.45, 7) is 13.7.